The summed E-state index contributed by atoms with van der Waals surface area (Å²) in [4.78, 5) is 25.5. The Morgan fingerprint density at radius 1 is 1.15 bits per heavy atom. The number of carbonyl (C=O) groups is 2. The standard InChI is InChI=1S/C19H15NO5S2/c1-24-14-8-5-12(15(10-14)25-2)9-16-17(21)20(19(26)27-16)13-6-3-11(4-7-13)18(22)23/h3-10H,1-2H3,(H,22,23)/p-1/b16-9-. The Hall–Kier alpha value is -2.84. The van der Waals surface area contributed by atoms with E-state index < -0.39 is 5.97 Å². The molecule has 27 heavy (non-hydrogen) atoms. The molecule has 0 N–H and O–H groups in total. The molecule has 0 saturated carbocycles. The van der Waals surface area contributed by atoms with E-state index in [4.69, 9.17) is 21.7 Å². The van der Waals surface area contributed by atoms with Crippen LogP contribution in [0.2, 0.25) is 0 Å². The summed E-state index contributed by atoms with van der Waals surface area (Å²) in [6, 6.07) is 11.1. The molecule has 0 bridgehead atoms. The molecule has 8 heteroatoms. The third-order valence-corrected chi connectivity index (χ3v) is 5.18. The second kappa shape index (κ2) is 7.81. The van der Waals surface area contributed by atoms with E-state index in [0.717, 1.165) is 11.8 Å². The van der Waals surface area contributed by atoms with Crippen molar-refractivity contribution in [3.8, 4) is 11.5 Å². The molecular formula is C19H14NO5S2-. The van der Waals surface area contributed by atoms with Crippen LogP contribution in [0.25, 0.3) is 6.08 Å². The van der Waals surface area contributed by atoms with E-state index in [9.17, 15) is 14.7 Å². The van der Waals surface area contributed by atoms with E-state index in [2.05, 4.69) is 0 Å². The summed E-state index contributed by atoms with van der Waals surface area (Å²) in [5.74, 6) is -0.356. The molecule has 1 aliphatic heterocycles. The van der Waals surface area contributed by atoms with Crippen molar-refractivity contribution < 1.29 is 24.2 Å². The number of aromatic carboxylic acids is 1. The Morgan fingerprint density at radius 2 is 1.85 bits per heavy atom. The fraction of sp³-hybridized carbons (Fsp3) is 0.105. The first kappa shape index (κ1) is 18.9. The molecule has 0 aromatic heterocycles. The molecule has 3 rings (SSSR count). The van der Waals surface area contributed by atoms with Gasteiger partial charge >= 0.3 is 0 Å². The van der Waals surface area contributed by atoms with Gasteiger partial charge in [0.25, 0.3) is 5.91 Å². The molecule has 1 aliphatic rings. The number of thioether (sulfide) groups is 1. The van der Waals surface area contributed by atoms with Crippen molar-refractivity contribution in [1.29, 1.82) is 0 Å². The van der Waals surface area contributed by atoms with Gasteiger partial charge in [0.1, 0.15) is 11.5 Å². The van der Waals surface area contributed by atoms with E-state index in [1.807, 2.05) is 0 Å². The van der Waals surface area contributed by atoms with Crippen molar-refractivity contribution in [2.24, 2.45) is 0 Å². The molecule has 138 valence electrons. The Bertz CT molecular complexity index is 953. The summed E-state index contributed by atoms with van der Waals surface area (Å²) >= 11 is 6.49. The molecule has 0 spiro atoms. The Labute approximate surface area is 165 Å². The fourth-order valence-electron chi connectivity index (χ4n) is 2.52. The van der Waals surface area contributed by atoms with Crippen molar-refractivity contribution in [2.75, 3.05) is 19.1 Å². The zero-order valence-corrected chi connectivity index (χ0v) is 16.1. The number of carbonyl (C=O) groups excluding carboxylic acids is 2. The lowest BCUT2D eigenvalue weighted by Crippen LogP contribution is -2.28. The van der Waals surface area contributed by atoms with Crippen LogP contribution in [0.3, 0.4) is 0 Å². The lowest BCUT2D eigenvalue weighted by atomic mass is 10.1. The summed E-state index contributed by atoms with van der Waals surface area (Å²) in [6.45, 7) is 0. The number of nitrogens with zero attached hydrogens (tertiary/aromatic N) is 1. The molecule has 1 amide bonds. The average Bonchev–Trinajstić information content (AvgIpc) is 2.95. The maximum Gasteiger partial charge on any atom is 0.270 e. The van der Waals surface area contributed by atoms with Crippen molar-refractivity contribution in [1.82, 2.24) is 0 Å². The first-order chi connectivity index (χ1) is 12.9. The number of thiocarbonyl (C=S) groups is 1. The predicted molar refractivity (Wildman–Crippen MR) is 106 cm³/mol. The molecule has 2 aromatic carbocycles. The lowest BCUT2D eigenvalue weighted by molar-refractivity contribution is -0.255. The molecule has 0 atom stereocenters. The van der Waals surface area contributed by atoms with Gasteiger partial charge in [-0.05, 0) is 35.9 Å². The summed E-state index contributed by atoms with van der Waals surface area (Å²) in [6.07, 6.45) is 1.70. The van der Waals surface area contributed by atoms with Crippen molar-refractivity contribution in [3.05, 3.63) is 58.5 Å². The quantitative estimate of drug-likeness (QED) is 0.563. The summed E-state index contributed by atoms with van der Waals surface area (Å²) < 4.78 is 10.9. The molecule has 1 heterocycles. The number of amides is 1. The van der Waals surface area contributed by atoms with E-state index in [1.165, 1.54) is 36.3 Å². The van der Waals surface area contributed by atoms with Gasteiger partial charge in [-0.3, -0.25) is 9.69 Å². The number of carboxylic acid groups (broad SMARTS) is 1. The Balaban J connectivity index is 1.92. The summed E-state index contributed by atoms with van der Waals surface area (Å²) in [7, 11) is 3.10. The van der Waals surface area contributed by atoms with Gasteiger partial charge in [0.2, 0.25) is 0 Å². The molecule has 0 radical (unpaired) electrons. The maximum atomic E-state index is 12.8. The number of benzene rings is 2. The van der Waals surface area contributed by atoms with Crippen LogP contribution in [-0.4, -0.2) is 30.4 Å². The third kappa shape index (κ3) is 3.81. The number of hydrogen-bond donors (Lipinski definition) is 0. The molecule has 0 aliphatic carbocycles. The van der Waals surface area contributed by atoms with Crippen LogP contribution in [0, 0.1) is 0 Å². The van der Waals surface area contributed by atoms with Gasteiger partial charge in [0.15, 0.2) is 4.32 Å². The van der Waals surface area contributed by atoms with Crippen molar-refractivity contribution in [3.63, 3.8) is 0 Å². The van der Waals surface area contributed by atoms with Gasteiger partial charge in [-0.2, -0.15) is 0 Å². The van der Waals surface area contributed by atoms with Gasteiger partial charge in [0.05, 0.1) is 30.8 Å². The second-order valence-electron chi connectivity index (χ2n) is 5.46. The van der Waals surface area contributed by atoms with E-state index in [-0.39, 0.29) is 11.5 Å². The largest absolute Gasteiger partial charge is 0.545 e. The van der Waals surface area contributed by atoms with Crippen LogP contribution in [0.5, 0.6) is 11.5 Å². The zero-order chi connectivity index (χ0) is 19.6. The molecule has 1 fully saturated rings. The van der Waals surface area contributed by atoms with Gasteiger partial charge in [-0.25, -0.2) is 0 Å². The number of rotatable bonds is 5. The molecule has 1 saturated heterocycles. The van der Waals surface area contributed by atoms with Crippen LogP contribution >= 0.6 is 24.0 Å². The van der Waals surface area contributed by atoms with E-state index >= 15 is 0 Å². The normalized spacial score (nSPS) is 15.3. The number of ether oxygens (including phenoxy) is 2. The van der Waals surface area contributed by atoms with Gasteiger partial charge in [0, 0.05) is 11.6 Å². The third-order valence-electron chi connectivity index (χ3n) is 3.88. The minimum Gasteiger partial charge on any atom is -0.545 e. The molecular weight excluding hydrogens is 386 g/mol. The Morgan fingerprint density at radius 3 is 2.44 bits per heavy atom. The lowest BCUT2D eigenvalue weighted by Gasteiger charge is -2.15. The fourth-order valence-corrected chi connectivity index (χ4v) is 3.81. The van der Waals surface area contributed by atoms with Crippen LogP contribution in [0.4, 0.5) is 5.69 Å². The SMILES string of the molecule is COc1ccc(/C=C2\SC(=S)N(c3ccc(C(=O)[O-])cc3)C2=O)c(OC)c1. The highest BCUT2D eigenvalue weighted by molar-refractivity contribution is 8.27. The highest BCUT2D eigenvalue weighted by Crippen LogP contribution is 2.37. The monoisotopic (exact) mass is 400 g/mol. The first-order valence-corrected chi connectivity index (χ1v) is 8.98. The van der Waals surface area contributed by atoms with E-state index in [0.29, 0.717) is 32.0 Å². The minimum absolute atomic E-state index is 0.0303. The van der Waals surface area contributed by atoms with Crippen molar-refractivity contribution >= 4 is 51.9 Å². The average molecular weight is 400 g/mol. The van der Waals surface area contributed by atoms with Gasteiger partial charge in [-0.1, -0.05) is 36.1 Å². The summed E-state index contributed by atoms with van der Waals surface area (Å²) in [5, 5.41) is 10.9. The molecule has 6 nitrogen and oxygen atoms in total. The van der Waals surface area contributed by atoms with Crippen LogP contribution in [0.1, 0.15) is 15.9 Å². The number of anilines is 1. The van der Waals surface area contributed by atoms with Crippen LogP contribution in [-0.2, 0) is 4.79 Å². The first-order valence-electron chi connectivity index (χ1n) is 7.76. The minimum atomic E-state index is -1.28. The Kier molecular flexibility index (Phi) is 5.48. The number of carboxylic acids is 1. The highest BCUT2D eigenvalue weighted by Gasteiger charge is 2.33. The zero-order valence-electron chi connectivity index (χ0n) is 14.4. The highest BCUT2D eigenvalue weighted by atomic mass is 32.2. The van der Waals surface area contributed by atoms with E-state index in [1.54, 1.807) is 31.4 Å². The van der Waals surface area contributed by atoms with Gasteiger partial charge in [-0.15, -0.1) is 0 Å². The van der Waals surface area contributed by atoms with Crippen molar-refractivity contribution in [2.45, 2.75) is 0 Å². The van der Waals surface area contributed by atoms with Crippen LogP contribution < -0.4 is 19.5 Å². The molecule has 2 aromatic rings. The van der Waals surface area contributed by atoms with Gasteiger partial charge < -0.3 is 19.4 Å². The second-order valence-corrected chi connectivity index (χ2v) is 7.14. The predicted octanol–water partition coefficient (Wildman–Crippen LogP) is 2.47. The number of hydrogen-bond acceptors (Lipinski definition) is 7. The maximum absolute atomic E-state index is 12.8. The summed E-state index contributed by atoms with van der Waals surface area (Å²) in [5.41, 5.74) is 1.24. The number of methoxy groups -OCH3 is 2. The topological polar surface area (TPSA) is 78.9 Å². The van der Waals surface area contributed by atoms with Crippen LogP contribution in [0.15, 0.2) is 47.4 Å². The smallest absolute Gasteiger partial charge is 0.270 e. The molecule has 0 unspecified atom stereocenters.